The maximum absolute atomic E-state index is 12.4. The first-order valence-electron chi connectivity index (χ1n) is 5.82. The van der Waals surface area contributed by atoms with E-state index < -0.39 is 10.0 Å². The number of nitrogens with one attached hydrogen (secondary N) is 2. The van der Waals surface area contributed by atoms with Crippen LogP contribution in [0, 0.1) is 20.8 Å². The van der Waals surface area contributed by atoms with E-state index in [4.69, 9.17) is 17.3 Å². The lowest BCUT2D eigenvalue weighted by Gasteiger charge is -2.12. The van der Waals surface area contributed by atoms with Crippen LogP contribution in [0.15, 0.2) is 17.0 Å². The molecule has 1 heterocycles. The van der Waals surface area contributed by atoms with Gasteiger partial charge in [-0.25, -0.2) is 8.42 Å². The van der Waals surface area contributed by atoms with E-state index in [2.05, 4.69) is 14.9 Å². The van der Waals surface area contributed by atoms with Gasteiger partial charge >= 0.3 is 0 Å². The van der Waals surface area contributed by atoms with Crippen LogP contribution in [0.1, 0.15) is 17.0 Å². The predicted octanol–water partition coefficient (Wildman–Crippen LogP) is 2.37. The van der Waals surface area contributed by atoms with Crippen molar-refractivity contribution < 1.29 is 8.42 Å². The standard InChI is InChI=1S/C12H15ClN4O2S/c1-6-4-10(14)9(13)5-11(6)17-20(18,19)12-7(2)15-16-8(12)3/h4-5,17H,14H2,1-3H3,(H,15,16). The number of aryl methyl sites for hydroxylation is 3. The van der Waals surface area contributed by atoms with E-state index in [1.807, 2.05) is 0 Å². The van der Waals surface area contributed by atoms with Gasteiger partial charge < -0.3 is 5.73 Å². The number of anilines is 2. The average Bonchev–Trinajstić information content (AvgIpc) is 2.66. The van der Waals surface area contributed by atoms with Gasteiger partial charge in [-0.05, 0) is 38.5 Å². The third-order valence-corrected chi connectivity index (χ3v) is 4.87. The molecule has 0 amide bonds. The van der Waals surface area contributed by atoms with Gasteiger partial charge in [0.25, 0.3) is 10.0 Å². The second-order valence-electron chi connectivity index (χ2n) is 4.56. The summed E-state index contributed by atoms with van der Waals surface area (Å²) in [7, 11) is -3.73. The molecule has 0 atom stereocenters. The van der Waals surface area contributed by atoms with E-state index in [0.29, 0.717) is 33.3 Å². The number of hydrogen-bond acceptors (Lipinski definition) is 4. The minimum atomic E-state index is -3.73. The van der Waals surface area contributed by atoms with Crippen molar-refractivity contribution >= 4 is 33.0 Å². The Kier molecular flexibility index (Phi) is 3.66. The quantitative estimate of drug-likeness (QED) is 0.757. The van der Waals surface area contributed by atoms with Gasteiger partial charge in [-0.1, -0.05) is 11.6 Å². The molecule has 20 heavy (non-hydrogen) atoms. The zero-order chi connectivity index (χ0) is 15.1. The fourth-order valence-electron chi connectivity index (χ4n) is 1.95. The molecule has 6 nitrogen and oxygen atoms in total. The number of halogens is 1. The second-order valence-corrected chi connectivity index (χ2v) is 6.58. The summed E-state index contributed by atoms with van der Waals surface area (Å²) in [5.74, 6) is 0. The van der Waals surface area contributed by atoms with Crippen molar-refractivity contribution in [1.29, 1.82) is 0 Å². The Morgan fingerprint density at radius 3 is 2.50 bits per heavy atom. The number of hydrogen-bond donors (Lipinski definition) is 3. The molecule has 0 saturated carbocycles. The molecule has 2 rings (SSSR count). The number of nitrogen functional groups attached to an aromatic ring is 1. The topological polar surface area (TPSA) is 101 Å². The van der Waals surface area contributed by atoms with E-state index in [9.17, 15) is 8.42 Å². The first-order valence-corrected chi connectivity index (χ1v) is 7.68. The van der Waals surface area contributed by atoms with Gasteiger partial charge in [-0.3, -0.25) is 9.82 Å². The molecule has 108 valence electrons. The Hall–Kier alpha value is -1.73. The van der Waals surface area contributed by atoms with Crippen molar-refractivity contribution in [3.63, 3.8) is 0 Å². The molecular weight excluding hydrogens is 300 g/mol. The van der Waals surface area contributed by atoms with Crippen LogP contribution in [-0.4, -0.2) is 18.6 Å². The second kappa shape index (κ2) is 4.99. The van der Waals surface area contributed by atoms with E-state index in [1.165, 1.54) is 6.07 Å². The van der Waals surface area contributed by atoms with E-state index >= 15 is 0 Å². The molecule has 0 fully saturated rings. The van der Waals surface area contributed by atoms with Gasteiger partial charge in [0.05, 0.1) is 27.8 Å². The summed E-state index contributed by atoms with van der Waals surface area (Å²) < 4.78 is 27.3. The van der Waals surface area contributed by atoms with Gasteiger partial charge in [0.2, 0.25) is 0 Å². The maximum atomic E-state index is 12.4. The normalized spacial score (nSPS) is 11.6. The van der Waals surface area contributed by atoms with Crippen LogP contribution < -0.4 is 10.5 Å². The van der Waals surface area contributed by atoms with E-state index in [1.54, 1.807) is 26.8 Å². The Bertz CT molecular complexity index is 749. The largest absolute Gasteiger partial charge is 0.398 e. The third-order valence-electron chi connectivity index (χ3n) is 2.92. The highest BCUT2D eigenvalue weighted by molar-refractivity contribution is 7.92. The molecule has 0 unspecified atom stereocenters. The highest BCUT2D eigenvalue weighted by atomic mass is 35.5. The van der Waals surface area contributed by atoms with Crippen molar-refractivity contribution in [3.05, 3.63) is 34.1 Å². The summed E-state index contributed by atoms with van der Waals surface area (Å²) in [5, 5.41) is 6.84. The lowest BCUT2D eigenvalue weighted by atomic mass is 10.2. The number of nitrogens with two attached hydrogens (primary N) is 1. The molecule has 0 radical (unpaired) electrons. The summed E-state index contributed by atoms with van der Waals surface area (Å²) in [5.41, 5.74) is 8.05. The molecule has 0 aliphatic carbocycles. The lowest BCUT2D eigenvalue weighted by Crippen LogP contribution is -2.15. The number of aromatic amines is 1. The summed E-state index contributed by atoms with van der Waals surface area (Å²) in [4.78, 5) is 0.143. The number of nitrogens with zero attached hydrogens (tertiary/aromatic N) is 1. The van der Waals surface area contributed by atoms with Crippen LogP contribution in [0.4, 0.5) is 11.4 Å². The minimum Gasteiger partial charge on any atom is -0.398 e. The van der Waals surface area contributed by atoms with Crippen molar-refractivity contribution in [2.24, 2.45) is 0 Å². The van der Waals surface area contributed by atoms with Gasteiger partial charge in [0.1, 0.15) is 4.90 Å². The fourth-order valence-corrected chi connectivity index (χ4v) is 3.60. The molecule has 8 heteroatoms. The van der Waals surface area contributed by atoms with Crippen LogP contribution in [0.2, 0.25) is 5.02 Å². The molecule has 4 N–H and O–H groups in total. The summed E-state index contributed by atoms with van der Waals surface area (Å²) in [6.07, 6.45) is 0. The molecule has 0 aliphatic rings. The highest BCUT2D eigenvalue weighted by Gasteiger charge is 2.23. The fraction of sp³-hybridized carbons (Fsp3) is 0.250. The molecule has 1 aromatic carbocycles. The average molecular weight is 315 g/mol. The van der Waals surface area contributed by atoms with Gasteiger partial charge in [-0.2, -0.15) is 5.10 Å². The van der Waals surface area contributed by atoms with Crippen molar-refractivity contribution in [2.75, 3.05) is 10.5 Å². The molecule has 0 aliphatic heterocycles. The van der Waals surface area contributed by atoms with E-state index in [0.717, 1.165) is 0 Å². The Morgan fingerprint density at radius 2 is 1.95 bits per heavy atom. The molecule has 2 aromatic rings. The van der Waals surface area contributed by atoms with E-state index in [-0.39, 0.29) is 4.90 Å². The molecule has 0 saturated heterocycles. The molecular formula is C12H15ClN4O2S. The summed E-state index contributed by atoms with van der Waals surface area (Å²) in [6, 6.07) is 3.11. The Labute approximate surface area is 122 Å². The predicted molar refractivity (Wildman–Crippen MR) is 79.5 cm³/mol. The van der Waals surface area contributed by atoms with Crippen molar-refractivity contribution in [1.82, 2.24) is 10.2 Å². The number of H-pyrrole nitrogens is 1. The van der Waals surface area contributed by atoms with Crippen LogP contribution in [-0.2, 0) is 10.0 Å². The zero-order valence-corrected chi connectivity index (χ0v) is 12.9. The maximum Gasteiger partial charge on any atom is 0.265 e. The monoisotopic (exact) mass is 314 g/mol. The Balaban J connectivity index is 2.47. The highest BCUT2D eigenvalue weighted by Crippen LogP contribution is 2.29. The smallest absolute Gasteiger partial charge is 0.265 e. The number of rotatable bonds is 3. The van der Waals surface area contributed by atoms with Crippen LogP contribution in [0.3, 0.4) is 0 Å². The van der Waals surface area contributed by atoms with Crippen molar-refractivity contribution in [2.45, 2.75) is 25.7 Å². The Morgan fingerprint density at radius 1 is 1.30 bits per heavy atom. The molecule has 1 aromatic heterocycles. The SMILES string of the molecule is Cc1cc(N)c(Cl)cc1NS(=O)(=O)c1c(C)n[nH]c1C. The number of benzene rings is 1. The molecule has 0 spiro atoms. The summed E-state index contributed by atoms with van der Waals surface area (Å²) in [6.45, 7) is 5.03. The third kappa shape index (κ3) is 2.59. The van der Waals surface area contributed by atoms with Crippen LogP contribution >= 0.6 is 11.6 Å². The zero-order valence-electron chi connectivity index (χ0n) is 11.3. The minimum absolute atomic E-state index is 0.143. The van der Waals surface area contributed by atoms with Crippen molar-refractivity contribution in [3.8, 4) is 0 Å². The molecule has 0 bridgehead atoms. The van der Waals surface area contributed by atoms with Crippen LogP contribution in [0.25, 0.3) is 0 Å². The first-order chi connectivity index (χ1) is 9.22. The first kappa shape index (κ1) is 14.7. The lowest BCUT2D eigenvalue weighted by molar-refractivity contribution is 0.600. The number of aromatic nitrogens is 2. The van der Waals surface area contributed by atoms with Gasteiger partial charge in [0.15, 0.2) is 0 Å². The summed E-state index contributed by atoms with van der Waals surface area (Å²) >= 11 is 5.92. The van der Waals surface area contributed by atoms with Gasteiger partial charge in [-0.15, -0.1) is 0 Å². The van der Waals surface area contributed by atoms with Crippen LogP contribution in [0.5, 0.6) is 0 Å². The van der Waals surface area contributed by atoms with Gasteiger partial charge in [0, 0.05) is 0 Å². The number of sulfonamides is 1.